The molecule has 0 saturated heterocycles. The van der Waals surface area contributed by atoms with Crippen molar-refractivity contribution in [2.24, 2.45) is 0 Å². The van der Waals surface area contributed by atoms with E-state index in [-0.39, 0.29) is 0 Å². The molecule has 226 valence electrons. The Morgan fingerprint density at radius 3 is 0.958 bits per heavy atom. The van der Waals surface area contributed by atoms with Crippen molar-refractivity contribution < 1.29 is 0 Å². The minimum Gasteiger partial charge on any atom is -0.310 e. The molecule has 9 rings (SSSR count). The molecule has 0 unspecified atom stereocenters. The zero-order valence-corrected chi connectivity index (χ0v) is 26.4. The Morgan fingerprint density at radius 2 is 0.521 bits per heavy atom. The van der Waals surface area contributed by atoms with Crippen LogP contribution in [0.5, 0.6) is 0 Å². The summed E-state index contributed by atoms with van der Waals surface area (Å²) in [6.07, 6.45) is 0. The highest BCUT2D eigenvalue weighted by Crippen LogP contribution is 2.41. The topological polar surface area (TPSA) is 6.48 Å². The first-order chi connectivity index (χ1) is 23.8. The third-order valence-corrected chi connectivity index (χ3v) is 9.37. The lowest BCUT2D eigenvalue weighted by atomic mass is 10.0. The van der Waals surface area contributed by atoms with Crippen LogP contribution in [0.2, 0.25) is 0 Å². The van der Waals surface area contributed by atoms with Crippen molar-refractivity contribution in [2.45, 2.75) is 0 Å². The van der Waals surface area contributed by atoms with Gasteiger partial charge < -0.3 is 9.80 Å². The van der Waals surface area contributed by atoms with Crippen LogP contribution in [-0.2, 0) is 0 Å². The van der Waals surface area contributed by atoms with E-state index in [1.807, 2.05) is 0 Å². The Bertz CT molecular complexity index is 2370. The highest BCUT2D eigenvalue weighted by atomic mass is 15.2. The molecule has 0 radical (unpaired) electrons. The monoisotopic (exact) mass is 612 g/mol. The standard InChI is InChI=1S/C46H32N2/c1-3-13-37(14-4-1)47(41-27-29-45-35(31-41)21-19-33-11-7-9-17-43(33)45)39-23-25-40(26-24-39)48(38-15-5-2-6-16-38)42-28-30-46-36(32-42)22-20-34-12-8-10-18-44(34)46/h1-32H. The van der Waals surface area contributed by atoms with Crippen LogP contribution in [0.25, 0.3) is 43.1 Å². The molecule has 0 aliphatic carbocycles. The summed E-state index contributed by atoms with van der Waals surface area (Å²) in [4.78, 5) is 4.68. The number of hydrogen-bond acceptors (Lipinski definition) is 2. The lowest BCUT2D eigenvalue weighted by Crippen LogP contribution is -2.12. The van der Waals surface area contributed by atoms with E-state index >= 15 is 0 Å². The fourth-order valence-electron chi connectivity index (χ4n) is 7.08. The molecule has 0 N–H and O–H groups in total. The maximum absolute atomic E-state index is 2.34. The number of hydrogen-bond donors (Lipinski definition) is 0. The smallest absolute Gasteiger partial charge is 0.0468 e. The first-order valence-electron chi connectivity index (χ1n) is 16.4. The Morgan fingerprint density at radius 1 is 0.208 bits per heavy atom. The fourth-order valence-corrected chi connectivity index (χ4v) is 7.08. The van der Waals surface area contributed by atoms with Crippen molar-refractivity contribution in [3.8, 4) is 0 Å². The van der Waals surface area contributed by atoms with E-state index < -0.39 is 0 Å². The van der Waals surface area contributed by atoms with Crippen LogP contribution in [0.15, 0.2) is 194 Å². The third-order valence-electron chi connectivity index (χ3n) is 9.37. The van der Waals surface area contributed by atoms with Crippen LogP contribution in [-0.4, -0.2) is 0 Å². The molecule has 9 aromatic rings. The van der Waals surface area contributed by atoms with Gasteiger partial charge in [-0.15, -0.1) is 0 Å². The second-order valence-electron chi connectivity index (χ2n) is 12.2. The van der Waals surface area contributed by atoms with E-state index in [0.717, 1.165) is 34.1 Å². The lowest BCUT2D eigenvalue weighted by molar-refractivity contribution is 1.26. The molecular weight excluding hydrogens is 581 g/mol. The molecule has 0 aliphatic heterocycles. The Hall–Kier alpha value is -6.38. The lowest BCUT2D eigenvalue weighted by Gasteiger charge is -2.28. The van der Waals surface area contributed by atoms with Gasteiger partial charge in [-0.3, -0.25) is 0 Å². The predicted molar refractivity (Wildman–Crippen MR) is 206 cm³/mol. The number of fused-ring (bicyclic) bond motifs is 6. The minimum atomic E-state index is 1.10. The molecule has 2 heteroatoms. The van der Waals surface area contributed by atoms with Gasteiger partial charge in [0.25, 0.3) is 0 Å². The van der Waals surface area contributed by atoms with Crippen molar-refractivity contribution in [1.82, 2.24) is 0 Å². The predicted octanol–water partition coefficient (Wildman–Crippen LogP) is 13.2. The van der Waals surface area contributed by atoms with Gasteiger partial charge in [0.05, 0.1) is 0 Å². The van der Waals surface area contributed by atoms with Crippen molar-refractivity contribution in [3.05, 3.63) is 194 Å². The maximum atomic E-state index is 2.34. The Labute approximate surface area is 280 Å². The SMILES string of the molecule is c1ccc(N(c2ccc(N(c3ccccc3)c3ccc4c(ccc5ccccc54)c3)cc2)c2ccc3c(ccc4ccccc43)c2)cc1. The number of para-hydroxylation sites is 2. The maximum Gasteiger partial charge on any atom is 0.0468 e. The molecule has 0 aromatic heterocycles. The molecule has 0 atom stereocenters. The first-order valence-corrected chi connectivity index (χ1v) is 16.4. The molecule has 0 saturated carbocycles. The van der Waals surface area contributed by atoms with E-state index in [2.05, 4.69) is 204 Å². The Kier molecular flexibility index (Phi) is 6.84. The summed E-state index contributed by atoms with van der Waals surface area (Å²) in [6.45, 7) is 0. The van der Waals surface area contributed by atoms with Gasteiger partial charge in [0.2, 0.25) is 0 Å². The van der Waals surface area contributed by atoms with Crippen LogP contribution in [0.4, 0.5) is 34.1 Å². The number of rotatable bonds is 6. The van der Waals surface area contributed by atoms with Crippen LogP contribution in [0.3, 0.4) is 0 Å². The second-order valence-corrected chi connectivity index (χ2v) is 12.2. The summed E-state index contributed by atoms with van der Waals surface area (Å²) < 4.78 is 0. The van der Waals surface area contributed by atoms with Gasteiger partial charge in [-0.25, -0.2) is 0 Å². The number of nitrogens with zero attached hydrogens (tertiary/aromatic N) is 2. The van der Waals surface area contributed by atoms with Crippen LogP contribution in [0, 0.1) is 0 Å². The quantitative estimate of drug-likeness (QED) is 0.172. The van der Waals surface area contributed by atoms with Gasteiger partial charge in [0, 0.05) is 34.1 Å². The molecule has 9 aromatic carbocycles. The number of anilines is 6. The summed E-state index contributed by atoms with van der Waals surface area (Å²) in [6, 6.07) is 69.9. The first kappa shape index (κ1) is 27.9. The van der Waals surface area contributed by atoms with Gasteiger partial charge in [-0.2, -0.15) is 0 Å². The molecule has 0 fully saturated rings. The van der Waals surface area contributed by atoms with Gasteiger partial charge >= 0.3 is 0 Å². The molecule has 0 amide bonds. The van der Waals surface area contributed by atoms with E-state index in [4.69, 9.17) is 0 Å². The van der Waals surface area contributed by atoms with Crippen LogP contribution < -0.4 is 9.80 Å². The minimum absolute atomic E-state index is 1.10. The molecule has 0 spiro atoms. The van der Waals surface area contributed by atoms with Crippen molar-refractivity contribution >= 4 is 77.2 Å². The molecule has 2 nitrogen and oxygen atoms in total. The molecule has 0 heterocycles. The van der Waals surface area contributed by atoms with Crippen molar-refractivity contribution in [1.29, 1.82) is 0 Å². The fraction of sp³-hybridized carbons (Fsp3) is 0. The van der Waals surface area contributed by atoms with Gasteiger partial charge in [-0.05, 0) is 116 Å². The summed E-state index contributed by atoms with van der Waals surface area (Å²) in [5, 5.41) is 10.1. The van der Waals surface area contributed by atoms with E-state index in [1.54, 1.807) is 0 Å². The van der Waals surface area contributed by atoms with Gasteiger partial charge in [-0.1, -0.05) is 121 Å². The summed E-state index contributed by atoms with van der Waals surface area (Å²) >= 11 is 0. The summed E-state index contributed by atoms with van der Waals surface area (Å²) in [5.74, 6) is 0. The highest BCUT2D eigenvalue weighted by Gasteiger charge is 2.17. The largest absolute Gasteiger partial charge is 0.310 e. The molecule has 0 aliphatic rings. The zero-order chi connectivity index (χ0) is 31.9. The molecule has 0 bridgehead atoms. The molecule has 48 heavy (non-hydrogen) atoms. The third kappa shape index (κ3) is 4.92. The zero-order valence-electron chi connectivity index (χ0n) is 26.4. The van der Waals surface area contributed by atoms with Gasteiger partial charge in [0.15, 0.2) is 0 Å². The second kappa shape index (κ2) is 11.8. The normalized spacial score (nSPS) is 11.3. The van der Waals surface area contributed by atoms with E-state index in [9.17, 15) is 0 Å². The summed E-state index contributed by atoms with van der Waals surface area (Å²) in [7, 11) is 0. The average Bonchev–Trinajstić information content (AvgIpc) is 3.16. The number of benzene rings is 9. The highest BCUT2D eigenvalue weighted by molar-refractivity contribution is 6.09. The molecular formula is C46H32N2. The van der Waals surface area contributed by atoms with E-state index in [0.29, 0.717) is 0 Å². The summed E-state index contributed by atoms with van der Waals surface area (Å²) in [5.41, 5.74) is 6.68. The van der Waals surface area contributed by atoms with Crippen LogP contribution in [0.1, 0.15) is 0 Å². The van der Waals surface area contributed by atoms with Crippen molar-refractivity contribution in [2.75, 3.05) is 9.80 Å². The average molecular weight is 613 g/mol. The Balaban J connectivity index is 1.15. The van der Waals surface area contributed by atoms with Crippen molar-refractivity contribution in [3.63, 3.8) is 0 Å². The van der Waals surface area contributed by atoms with E-state index in [1.165, 1.54) is 43.1 Å². The van der Waals surface area contributed by atoms with Crippen LogP contribution >= 0.6 is 0 Å². The van der Waals surface area contributed by atoms with Gasteiger partial charge in [0.1, 0.15) is 0 Å².